The lowest BCUT2D eigenvalue weighted by atomic mass is 9.83. The molecule has 0 radical (unpaired) electrons. The molecule has 2 atom stereocenters. The van der Waals surface area contributed by atoms with E-state index in [2.05, 4.69) is 11.6 Å². The minimum Gasteiger partial charge on any atom is -0.484 e. The lowest BCUT2D eigenvalue weighted by molar-refractivity contribution is -0.138. The van der Waals surface area contributed by atoms with Crippen LogP contribution in [0.3, 0.4) is 0 Å². The zero-order valence-electron chi connectivity index (χ0n) is 20.2. The minimum absolute atomic E-state index is 0.0257. The first-order chi connectivity index (χ1) is 17.2. The second-order valence-corrected chi connectivity index (χ2v) is 9.59. The molecule has 2 unspecified atom stereocenters. The third-order valence-corrected chi connectivity index (χ3v) is 7.14. The summed E-state index contributed by atoms with van der Waals surface area (Å²) in [7, 11) is 1.49. The predicted molar refractivity (Wildman–Crippen MR) is 131 cm³/mol. The summed E-state index contributed by atoms with van der Waals surface area (Å²) in [4.78, 5) is 19.7. The highest BCUT2D eigenvalue weighted by atomic mass is 19.4. The van der Waals surface area contributed by atoms with E-state index in [4.69, 9.17) is 4.74 Å². The van der Waals surface area contributed by atoms with E-state index in [0.717, 1.165) is 43.4 Å². The first kappa shape index (κ1) is 25.9. The molecular weight excluding hydrogens is 472 g/mol. The van der Waals surface area contributed by atoms with Gasteiger partial charge in [0, 0.05) is 30.5 Å². The number of carbonyl (C=O) groups excluding carboxylic acids is 1. The molecular formula is C28H30F4N2O2. The van der Waals surface area contributed by atoms with Gasteiger partial charge in [0.1, 0.15) is 5.82 Å². The number of likely N-dealkylation sites (tertiary alicyclic amines) is 1. The Morgan fingerprint density at radius 2 is 1.75 bits per heavy atom. The summed E-state index contributed by atoms with van der Waals surface area (Å²) in [5.41, 5.74) is 0.870. The quantitative estimate of drug-likeness (QED) is 0.260. The van der Waals surface area contributed by atoms with Crippen LogP contribution in [0.1, 0.15) is 54.7 Å². The number of benzene rings is 2. The van der Waals surface area contributed by atoms with Gasteiger partial charge < -0.3 is 9.64 Å². The molecule has 0 aromatic heterocycles. The van der Waals surface area contributed by atoms with Crippen LogP contribution in [0.25, 0.3) is 5.70 Å². The molecule has 1 heterocycles. The van der Waals surface area contributed by atoms with Crippen molar-refractivity contribution in [3.63, 3.8) is 0 Å². The molecule has 0 N–H and O–H groups in total. The number of amides is 1. The van der Waals surface area contributed by atoms with Crippen molar-refractivity contribution in [2.24, 2.45) is 16.8 Å². The lowest BCUT2D eigenvalue weighted by Crippen LogP contribution is -2.47. The van der Waals surface area contributed by atoms with Crippen LogP contribution in [-0.2, 0) is 15.7 Å². The van der Waals surface area contributed by atoms with Gasteiger partial charge in [0.25, 0.3) is 0 Å². The molecule has 4 rings (SSSR count). The Hall–Kier alpha value is -3.16. The Kier molecular flexibility index (Phi) is 7.81. The molecule has 1 amide bonds. The van der Waals surface area contributed by atoms with E-state index in [-0.39, 0.29) is 23.7 Å². The number of hydrogen-bond donors (Lipinski definition) is 0. The Labute approximate surface area is 208 Å². The van der Waals surface area contributed by atoms with Crippen LogP contribution < -0.4 is 0 Å². The maximum absolute atomic E-state index is 13.7. The number of nitrogens with zero attached hydrogens (tertiary/aromatic N) is 2. The smallest absolute Gasteiger partial charge is 0.416 e. The lowest BCUT2D eigenvalue weighted by Gasteiger charge is -2.39. The number of aliphatic imine (C=N–C) groups is 1. The van der Waals surface area contributed by atoms with Gasteiger partial charge in [-0.05, 0) is 49.1 Å². The number of rotatable bonds is 5. The van der Waals surface area contributed by atoms with E-state index in [1.54, 1.807) is 12.1 Å². The SMILES string of the molecule is C=C(N=C(OC)C1CC(c2ccc(C(F)(F)F)cc2)CN(C(=O)C2CCCC2)C1)c1cccc(F)c1. The van der Waals surface area contributed by atoms with Gasteiger partial charge >= 0.3 is 6.18 Å². The molecule has 0 bridgehead atoms. The molecule has 2 aliphatic rings. The molecule has 1 aliphatic heterocycles. The van der Waals surface area contributed by atoms with Crippen LogP contribution in [0.15, 0.2) is 60.1 Å². The van der Waals surface area contributed by atoms with Crippen molar-refractivity contribution in [2.45, 2.75) is 44.2 Å². The van der Waals surface area contributed by atoms with E-state index in [1.165, 1.54) is 31.4 Å². The van der Waals surface area contributed by atoms with Gasteiger partial charge in [0.05, 0.1) is 24.3 Å². The molecule has 2 aromatic carbocycles. The number of hydrogen-bond acceptors (Lipinski definition) is 3. The van der Waals surface area contributed by atoms with E-state index < -0.39 is 17.6 Å². The Balaban J connectivity index is 1.62. The molecule has 1 saturated carbocycles. The fraction of sp³-hybridized carbons (Fsp3) is 0.429. The number of alkyl halides is 3. The van der Waals surface area contributed by atoms with Crippen LogP contribution in [0.5, 0.6) is 0 Å². The van der Waals surface area contributed by atoms with Gasteiger partial charge in [-0.15, -0.1) is 0 Å². The summed E-state index contributed by atoms with van der Waals surface area (Å²) in [6, 6.07) is 11.1. The van der Waals surface area contributed by atoms with Gasteiger partial charge in [-0.1, -0.05) is 43.7 Å². The zero-order chi connectivity index (χ0) is 25.9. The molecule has 36 heavy (non-hydrogen) atoms. The number of methoxy groups -OCH3 is 1. The largest absolute Gasteiger partial charge is 0.484 e. The fourth-order valence-electron chi connectivity index (χ4n) is 5.24. The van der Waals surface area contributed by atoms with E-state index in [9.17, 15) is 22.4 Å². The van der Waals surface area contributed by atoms with Crippen molar-refractivity contribution >= 4 is 17.5 Å². The molecule has 2 fully saturated rings. The van der Waals surface area contributed by atoms with Crippen molar-refractivity contribution in [1.82, 2.24) is 4.90 Å². The average Bonchev–Trinajstić information content (AvgIpc) is 3.41. The topological polar surface area (TPSA) is 41.9 Å². The highest BCUT2D eigenvalue weighted by molar-refractivity contribution is 5.86. The molecule has 8 heteroatoms. The molecule has 0 spiro atoms. The summed E-state index contributed by atoms with van der Waals surface area (Å²) < 4.78 is 58.6. The van der Waals surface area contributed by atoms with Crippen LogP contribution in [0.4, 0.5) is 17.6 Å². The second kappa shape index (κ2) is 10.8. The Bertz CT molecular complexity index is 1120. The molecule has 4 nitrogen and oxygen atoms in total. The third kappa shape index (κ3) is 5.97. The van der Waals surface area contributed by atoms with Gasteiger partial charge in [-0.25, -0.2) is 9.38 Å². The summed E-state index contributed by atoms with van der Waals surface area (Å²) in [5.74, 6) is -0.456. The van der Waals surface area contributed by atoms with Crippen LogP contribution in [0, 0.1) is 17.7 Å². The van der Waals surface area contributed by atoms with Crippen molar-refractivity contribution in [2.75, 3.05) is 20.2 Å². The number of piperidine rings is 1. The predicted octanol–water partition coefficient (Wildman–Crippen LogP) is 6.68. The average molecular weight is 503 g/mol. The summed E-state index contributed by atoms with van der Waals surface area (Å²) >= 11 is 0. The number of ether oxygens (including phenoxy) is 1. The number of halogens is 4. The van der Waals surface area contributed by atoms with Crippen molar-refractivity contribution in [1.29, 1.82) is 0 Å². The van der Waals surface area contributed by atoms with Gasteiger partial charge in [0.15, 0.2) is 5.90 Å². The second-order valence-electron chi connectivity index (χ2n) is 9.59. The van der Waals surface area contributed by atoms with E-state index in [1.807, 2.05) is 4.90 Å². The maximum Gasteiger partial charge on any atom is 0.416 e. The summed E-state index contributed by atoms with van der Waals surface area (Å²) in [6.07, 6.45) is -0.115. The van der Waals surface area contributed by atoms with Gasteiger partial charge in [-0.2, -0.15) is 13.2 Å². The normalized spacial score (nSPS) is 21.5. The first-order valence-corrected chi connectivity index (χ1v) is 12.2. The van der Waals surface area contributed by atoms with Crippen molar-refractivity contribution < 1.29 is 27.1 Å². The molecule has 192 valence electrons. The Morgan fingerprint density at radius 3 is 2.36 bits per heavy atom. The molecule has 1 aliphatic carbocycles. The number of carbonyl (C=O) groups is 1. The van der Waals surface area contributed by atoms with Crippen LogP contribution in [0.2, 0.25) is 0 Å². The third-order valence-electron chi connectivity index (χ3n) is 7.14. The van der Waals surface area contributed by atoms with Gasteiger partial charge in [-0.3, -0.25) is 4.79 Å². The molecule has 1 saturated heterocycles. The monoisotopic (exact) mass is 502 g/mol. The van der Waals surface area contributed by atoms with Crippen LogP contribution in [-0.4, -0.2) is 36.9 Å². The Morgan fingerprint density at radius 1 is 1.06 bits per heavy atom. The molecule has 2 aromatic rings. The van der Waals surface area contributed by atoms with Crippen molar-refractivity contribution in [3.05, 3.63) is 77.6 Å². The summed E-state index contributed by atoms with van der Waals surface area (Å²) in [5, 5.41) is 0. The standard InChI is InChI=1S/C28H30F4N2O2/c1-18(21-8-5-9-25(29)15-21)33-26(36-2)23-14-22(19-10-12-24(13-11-19)28(30,31)32)16-34(17-23)27(35)20-6-3-4-7-20/h5,8-13,15,20,22-23H,1,3-4,6-7,14,16-17H2,2H3. The highest BCUT2D eigenvalue weighted by Gasteiger charge is 2.37. The fourth-order valence-corrected chi connectivity index (χ4v) is 5.24. The first-order valence-electron chi connectivity index (χ1n) is 12.2. The van der Waals surface area contributed by atoms with E-state index >= 15 is 0 Å². The zero-order valence-corrected chi connectivity index (χ0v) is 20.2. The van der Waals surface area contributed by atoms with Crippen LogP contribution >= 0.6 is 0 Å². The minimum atomic E-state index is -4.41. The highest BCUT2D eigenvalue weighted by Crippen LogP contribution is 2.36. The van der Waals surface area contributed by atoms with Gasteiger partial charge in [0.2, 0.25) is 5.91 Å². The summed E-state index contributed by atoms with van der Waals surface area (Å²) in [6.45, 7) is 4.78. The maximum atomic E-state index is 13.7. The van der Waals surface area contributed by atoms with Crippen molar-refractivity contribution in [3.8, 4) is 0 Å². The van der Waals surface area contributed by atoms with E-state index in [0.29, 0.717) is 36.7 Å².